The smallest absolute Gasteiger partial charge is 0.303 e. The van der Waals surface area contributed by atoms with Crippen molar-refractivity contribution in [2.75, 3.05) is 5.75 Å². The first kappa shape index (κ1) is 12.7. The molecule has 1 aromatic carbocycles. The molecule has 0 spiro atoms. The Labute approximate surface area is 94.8 Å². The number of aryl methyl sites for hydroxylation is 1. The SMILES string of the molecule is Cc1cccc(S(=O)(=O)CCCC(=O)O)c1. The monoisotopic (exact) mass is 242 g/mol. The molecule has 0 saturated heterocycles. The maximum Gasteiger partial charge on any atom is 0.303 e. The molecular weight excluding hydrogens is 228 g/mol. The highest BCUT2D eigenvalue weighted by Crippen LogP contribution is 2.14. The predicted molar refractivity (Wildman–Crippen MR) is 60.1 cm³/mol. The molecule has 5 heteroatoms. The van der Waals surface area contributed by atoms with Crippen molar-refractivity contribution in [2.45, 2.75) is 24.7 Å². The van der Waals surface area contributed by atoms with E-state index in [0.717, 1.165) is 5.56 Å². The van der Waals surface area contributed by atoms with Crippen molar-refractivity contribution < 1.29 is 18.3 Å². The average Bonchev–Trinajstić information content (AvgIpc) is 2.16. The summed E-state index contributed by atoms with van der Waals surface area (Å²) in [6.07, 6.45) is 0.0245. The average molecular weight is 242 g/mol. The Bertz CT molecular complexity index is 477. The van der Waals surface area contributed by atoms with Crippen LogP contribution in [0.5, 0.6) is 0 Å². The van der Waals surface area contributed by atoms with Crippen LogP contribution in [0.15, 0.2) is 29.2 Å². The zero-order valence-electron chi connectivity index (χ0n) is 9.01. The first-order valence-electron chi connectivity index (χ1n) is 4.93. The Morgan fingerprint density at radius 3 is 2.62 bits per heavy atom. The summed E-state index contributed by atoms with van der Waals surface area (Å²) in [5.74, 6) is -1.10. The first-order chi connectivity index (χ1) is 7.42. The number of sulfone groups is 1. The van der Waals surface area contributed by atoms with E-state index in [0.29, 0.717) is 0 Å². The Morgan fingerprint density at radius 1 is 1.38 bits per heavy atom. The zero-order chi connectivity index (χ0) is 12.2. The van der Waals surface area contributed by atoms with Crippen LogP contribution in [0.2, 0.25) is 0 Å². The molecule has 0 fully saturated rings. The normalized spacial score (nSPS) is 11.3. The van der Waals surface area contributed by atoms with Gasteiger partial charge in [0.2, 0.25) is 0 Å². The number of rotatable bonds is 5. The fraction of sp³-hybridized carbons (Fsp3) is 0.364. The highest BCUT2D eigenvalue weighted by Gasteiger charge is 2.14. The van der Waals surface area contributed by atoms with Crippen molar-refractivity contribution in [3.63, 3.8) is 0 Å². The summed E-state index contributed by atoms with van der Waals surface area (Å²) in [6, 6.07) is 6.62. The molecule has 0 saturated carbocycles. The third-order valence-electron chi connectivity index (χ3n) is 2.15. The molecule has 88 valence electrons. The molecule has 0 aliphatic carbocycles. The summed E-state index contributed by atoms with van der Waals surface area (Å²) in [5.41, 5.74) is 0.874. The predicted octanol–water partition coefficient (Wildman–Crippen LogP) is 1.63. The molecule has 4 nitrogen and oxygen atoms in total. The van der Waals surface area contributed by atoms with Crippen molar-refractivity contribution >= 4 is 15.8 Å². The Hall–Kier alpha value is -1.36. The van der Waals surface area contributed by atoms with Gasteiger partial charge in [-0.1, -0.05) is 12.1 Å². The van der Waals surface area contributed by atoms with Crippen molar-refractivity contribution in [1.82, 2.24) is 0 Å². The van der Waals surface area contributed by atoms with Crippen LogP contribution in [0, 0.1) is 6.92 Å². The van der Waals surface area contributed by atoms with Crippen LogP contribution in [0.1, 0.15) is 18.4 Å². The second-order valence-electron chi connectivity index (χ2n) is 3.63. The van der Waals surface area contributed by atoms with Gasteiger partial charge in [0, 0.05) is 6.42 Å². The van der Waals surface area contributed by atoms with Gasteiger partial charge >= 0.3 is 5.97 Å². The Balaban J connectivity index is 2.74. The standard InChI is InChI=1S/C11H14O4S/c1-9-4-2-5-10(8-9)16(14,15)7-3-6-11(12)13/h2,4-5,8H,3,6-7H2,1H3,(H,12,13). The number of hydrogen-bond donors (Lipinski definition) is 1. The topological polar surface area (TPSA) is 71.4 Å². The van der Waals surface area contributed by atoms with Gasteiger partial charge < -0.3 is 5.11 Å². The fourth-order valence-electron chi connectivity index (χ4n) is 1.34. The molecule has 0 aliphatic heterocycles. The molecule has 0 aromatic heterocycles. The van der Waals surface area contributed by atoms with Crippen molar-refractivity contribution in [2.24, 2.45) is 0 Å². The van der Waals surface area contributed by atoms with E-state index in [-0.39, 0.29) is 23.5 Å². The molecule has 0 atom stereocenters. The van der Waals surface area contributed by atoms with Crippen LogP contribution in [0.4, 0.5) is 0 Å². The molecule has 0 heterocycles. The minimum atomic E-state index is -3.34. The Morgan fingerprint density at radius 2 is 2.06 bits per heavy atom. The fourth-order valence-corrected chi connectivity index (χ4v) is 2.75. The number of aliphatic carboxylic acids is 1. The molecular formula is C11H14O4S. The number of hydrogen-bond acceptors (Lipinski definition) is 3. The van der Waals surface area contributed by atoms with E-state index in [2.05, 4.69) is 0 Å². The van der Waals surface area contributed by atoms with Gasteiger partial charge in [-0.25, -0.2) is 8.42 Å². The summed E-state index contributed by atoms with van der Waals surface area (Å²) in [6.45, 7) is 1.82. The lowest BCUT2D eigenvalue weighted by Gasteiger charge is -2.04. The van der Waals surface area contributed by atoms with E-state index in [4.69, 9.17) is 5.11 Å². The van der Waals surface area contributed by atoms with E-state index in [1.54, 1.807) is 12.1 Å². The van der Waals surface area contributed by atoms with Crippen LogP contribution >= 0.6 is 0 Å². The highest BCUT2D eigenvalue weighted by atomic mass is 32.2. The van der Waals surface area contributed by atoms with Gasteiger partial charge in [-0.2, -0.15) is 0 Å². The van der Waals surface area contributed by atoms with E-state index in [1.165, 1.54) is 6.07 Å². The number of carbonyl (C=O) groups is 1. The van der Waals surface area contributed by atoms with Gasteiger partial charge in [0.25, 0.3) is 0 Å². The van der Waals surface area contributed by atoms with Crippen LogP contribution in [0.3, 0.4) is 0 Å². The Kier molecular flexibility index (Phi) is 4.06. The minimum Gasteiger partial charge on any atom is -0.481 e. The van der Waals surface area contributed by atoms with E-state index < -0.39 is 15.8 Å². The van der Waals surface area contributed by atoms with Gasteiger partial charge in [0.1, 0.15) is 0 Å². The van der Waals surface area contributed by atoms with Crippen LogP contribution in [-0.2, 0) is 14.6 Å². The van der Waals surface area contributed by atoms with E-state index in [1.807, 2.05) is 13.0 Å². The summed E-state index contributed by atoms with van der Waals surface area (Å²) in [5, 5.41) is 8.43. The highest BCUT2D eigenvalue weighted by molar-refractivity contribution is 7.91. The van der Waals surface area contributed by atoms with Gasteiger partial charge in [-0.05, 0) is 31.0 Å². The maximum atomic E-state index is 11.8. The van der Waals surface area contributed by atoms with Crippen molar-refractivity contribution in [3.05, 3.63) is 29.8 Å². The lowest BCUT2D eigenvalue weighted by Crippen LogP contribution is -2.08. The molecule has 1 N–H and O–H groups in total. The molecule has 0 amide bonds. The van der Waals surface area contributed by atoms with E-state index >= 15 is 0 Å². The quantitative estimate of drug-likeness (QED) is 0.851. The van der Waals surface area contributed by atoms with Crippen LogP contribution < -0.4 is 0 Å². The zero-order valence-corrected chi connectivity index (χ0v) is 9.83. The second kappa shape index (κ2) is 5.12. The molecule has 0 bridgehead atoms. The molecule has 0 unspecified atom stereocenters. The molecule has 0 radical (unpaired) electrons. The number of benzene rings is 1. The molecule has 0 aliphatic rings. The van der Waals surface area contributed by atoms with Crippen LogP contribution in [0.25, 0.3) is 0 Å². The van der Waals surface area contributed by atoms with Gasteiger partial charge in [-0.15, -0.1) is 0 Å². The minimum absolute atomic E-state index is 0.120. The lowest BCUT2D eigenvalue weighted by molar-refractivity contribution is -0.137. The maximum absolute atomic E-state index is 11.8. The molecule has 1 aromatic rings. The van der Waals surface area contributed by atoms with Gasteiger partial charge in [0.15, 0.2) is 9.84 Å². The number of carboxylic acids is 1. The first-order valence-corrected chi connectivity index (χ1v) is 6.58. The lowest BCUT2D eigenvalue weighted by atomic mass is 10.2. The van der Waals surface area contributed by atoms with Gasteiger partial charge in [-0.3, -0.25) is 4.79 Å². The molecule has 16 heavy (non-hydrogen) atoms. The second-order valence-corrected chi connectivity index (χ2v) is 5.74. The largest absolute Gasteiger partial charge is 0.481 e. The third-order valence-corrected chi connectivity index (χ3v) is 3.95. The van der Waals surface area contributed by atoms with Crippen LogP contribution in [-0.4, -0.2) is 25.2 Å². The van der Waals surface area contributed by atoms with Gasteiger partial charge in [0.05, 0.1) is 10.6 Å². The summed E-state index contributed by atoms with van der Waals surface area (Å²) < 4.78 is 23.5. The number of carboxylic acid groups (broad SMARTS) is 1. The molecule has 1 rings (SSSR count). The van der Waals surface area contributed by atoms with Crippen molar-refractivity contribution in [1.29, 1.82) is 0 Å². The van der Waals surface area contributed by atoms with Crippen molar-refractivity contribution in [3.8, 4) is 0 Å². The third kappa shape index (κ3) is 3.66. The summed E-state index contributed by atoms with van der Waals surface area (Å²) >= 11 is 0. The van der Waals surface area contributed by atoms with E-state index in [9.17, 15) is 13.2 Å². The summed E-state index contributed by atoms with van der Waals surface area (Å²) in [7, 11) is -3.34. The summed E-state index contributed by atoms with van der Waals surface area (Å²) in [4.78, 5) is 10.5.